The van der Waals surface area contributed by atoms with Gasteiger partial charge in [0, 0.05) is 20.2 Å². The van der Waals surface area contributed by atoms with Crippen molar-refractivity contribution in [2.45, 2.75) is 0 Å². The molecule has 0 saturated heterocycles. The highest BCUT2D eigenvalue weighted by Crippen LogP contribution is 2.09. The molecule has 0 aliphatic carbocycles. The van der Waals surface area contributed by atoms with Crippen molar-refractivity contribution in [2.24, 2.45) is 14.1 Å². The third-order valence-corrected chi connectivity index (χ3v) is 2.27. The van der Waals surface area contributed by atoms with Gasteiger partial charge in [-0.1, -0.05) is 0 Å². The number of nitrogens with one attached hydrogen (secondary N) is 1. The Hall–Kier alpha value is -1.98. The second-order valence-electron chi connectivity index (χ2n) is 3.19. The Morgan fingerprint density at radius 1 is 1.29 bits per heavy atom. The molecule has 0 saturated carbocycles. The number of hydrogen-bond acceptors (Lipinski definition) is 3. The molecular formula is C8H10N4O2. The predicted molar refractivity (Wildman–Crippen MR) is 53.2 cm³/mol. The van der Waals surface area contributed by atoms with E-state index in [0.29, 0.717) is 16.9 Å². The first-order chi connectivity index (χ1) is 6.52. The molecule has 0 aromatic carbocycles. The van der Waals surface area contributed by atoms with Crippen LogP contribution in [0, 0.1) is 0 Å². The van der Waals surface area contributed by atoms with Crippen LogP contribution in [0.5, 0.6) is 0 Å². The molecule has 0 aliphatic rings. The molecule has 0 spiro atoms. The minimum absolute atomic E-state index is 0.354. The molecule has 6 heteroatoms. The maximum atomic E-state index is 11.6. The maximum absolute atomic E-state index is 11.6. The zero-order valence-electron chi connectivity index (χ0n) is 7.87. The molecule has 0 bridgehead atoms. The van der Waals surface area contributed by atoms with Gasteiger partial charge in [-0.2, -0.15) is 0 Å². The van der Waals surface area contributed by atoms with Gasteiger partial charge in [0.2, 0.25) is 0 Å². The van der Waals surface area contributed by atoms with Crippen LogP contribution >= 0.6 is 0 Å². The van der Waals surface area contributed by atoms with Crippen LogP contribution in [0.1, 0.15) is 0 Å². The number of nitrogens with zero attached hydrogens (tertiary/aromatic N) is 2. The van der Waals surface area contributed by atoms with Crippen LogP contribution in [0.4, 0.5) is 5.82 Å². The van der Waals surface area contributed by atoms with Crippen LogP contribution < -0.4 is 17.0 Å². The van der Waals surface area contributed by atoms with Gasteiger partial charge in [0.25, 0.3) is 5.56 Å². The minimum Gasteiger partial charge on any atom is -0.385 e. The van der Waals surface area contributed by atoms with Crippen molar-refractivity contribution in [1.29, 1.82) is 0 Å². The average molecular weight is 194 g/mol. The fourth-order valence-corrected chi connectivity index (χ4v) is 1.47. The van der Waals surface area contributed by atoms with Gasteiger partial charge >= 0.3 is 5.69 Å². The average Bonchev–Trinajstić information content (AvgIpc) is 2.54. The molecular weight excluding hydrogens is 184 g/mol. The van der Waals surface area contributed by atoms with Crippen molar-refractivity contribution in [3.8, 4) is 0 Å². The Bertz CT molecular complexity index is 617. The van der Waals surface area contributed by atoms with Crippen LogP contribution in [0.25, 0.3) is 11.0 Å². The van der Waals surface area contributed by atoms with Gasteiger partial charge in [-0.3, -0.25) is 13.9 Å². The molecule has 0 fully saturated rings. The van der Waals surface area contributed by atoms with Crippen molar-refractivity contribution in [3.05, 3.63) is 26.9 Å². The normalized spacial score (nSPS) is 11.0. The molecule has 0 aliphatic heterocycles. The largest absolute Gasteiger partial charge is 0.385 e. The molecule has 0 radical (unpaired) electrons. The lowest BCUT2D eigenvalue weighted by molar-refractivity contribution is 0.713. The van der Waals surface area contributed by atoms with Crippen molar-refractivity contribution in [3.63, 3.8) is 0 Å². The third-order valence-electron chi connectivity index (χ3n) is 2.27. The van der Waals surface area contributed by atoms with E-state index in [-0.39, 0.29) is 11.2 Å². The fraction of sp³-hybridized carbons (Fsp3) is 0.250. The molecule has 14 heavy (non-hydrogen) atoms. The number of nitrogen functional groups attached to an aromatic ring is 1. The van der Waals surface area contributed by atoms with Crippen molar-refractivity contribution in [2.75, 3.05) is 5.73 Å². The highest BCUT2D eigenvalue weighted by molar-refractivity contribution is 5.78. The summed E-state index contributed by atoms with van der Waals surface area (Å²) in [6.45, 7) is 0. The smallest absolute Gasteiger partial charge is 0.331 e. The summed E-state index contributed by atoms with van der Waals surface area (Å²) in [5.74, 6) is 0.373. The summed E-state index contributed by atoms with van der Waals surface area (Å²) < 4.78 is 2.42. The van der Waals surface area contributed by atoms with Gasteiger partial charge in [-0.15, -0.1) is 0 Å². The van der Waals surface area contributed by atoms with Crippen molar-refractivity contribution >= 4 is 16.9 Å². The van der Waals surface area contributed by atoms with E-state index in [4.69, 9.17) is 5.73 Å². The summed E-state index contributed by atoms with van der Waals surface area (Å²) in [5, 5.41) is 0. The number of aryl methyl sites for hydroxylation is 1. The summed E-state index contributed by atoms with van der Waals surface area (Å²) in [5.41, 5.74) is 5.67. The van der Waals surface area contributed by atoms with E-state index in [1.54, 1.807) is 13.1 Å². The van der Waals surface area contributed by atoms with Crippen LogP contribution in [0.3, 0.4) is 0 Å². The lowest BCUT2D eigenvalue weighted by Crippen LogP contribution is -2.36. The molecule has 2 aromatic rings. The topological polar surface area (TPSA) is 85.8 Å². The Morgan fingerprint density at radius 2 is 1.93 bits per heavy atom. The minimum atomic E-state index is -0.361. The second kappa shape index (κ2) is 2.50. The summed E-state index contributed by atoms with van der Waals surface area (Å²) in [7, 11) is 3.03. The molecule has 0 amide bonds. The van der Waals surface area contributed by atoms with E-state index in [9.17, 15) is 9.59 Å². The van der Waals surface area contributed by atoms with Gasteiger partial charge in [-0.25, -0.2) is 4.79 Å². The van der Waals surface area contributed by atoms with E-state index < -0.39 is 0 Å². The summed E-state index contributed by atoms with van der Waals surface area (Å²) >= 11 is 0. The third kappa shape index (κ3) is 0.905. The Morgan fingerprint density at radius 3 is 2.57 bits per heavy atom. The van der Waals surface area contributed by atoms with E-state index in [2.05, 4.69) is 4.98 Å². The number of anilines is 1. The second-order valence-corrected chi connectivity index (χ2v) is 3.19. The summed E-state index contributed by atoms with van der Waals surface area (Å²) in [6, 6.07) is 1.57. The quantitative estimate of drug-likeness (QED) is 0.572. The number of fused-ring (bicyclic) bond motifs is 1. The van der Waals surface area contributed by atoms with Gasteiger partial charge < -0.3 is 10.7 Å². The first-order valence-electron chi connectivity index (χ1n) is 4.06. The van der Waals surface area contributed by atoms with E-state index in [1.165, 1.54) is 11.6 Å². The molecule has 0 atom stereocenters. The van der Waals surface area contributed by atoms with Crippen molar-refractivity contribution in [1.82, 2.24) is 14.1 Å². The molecule has 2 heterocycles. The van der Waals surface area contributed by atoms with Gasteiger partial charge in [0.05, 0.1) is 5.52 Å². The molecule has 6 nitrogen and oxygen atoms in total. The van der Waals surface area contributed by atoms with Crippen LogP contribution in [-0.4, -0.2) is 14.1 Å². The van der Waals surface area contributed by atoms with Gasteiger partial charge in [0.15, 0.2) is 0 Å². The number of hydrogen-bond donors (Lipinski definition) is 2. The van der Waals surface area contributed by atoms with Crippen molar-refractivity contribution < 1.29 is 0 Å². The number of aromatic amines is 1. The van der Waals surface area contributed by atoms with Crippen LogP contribution in [0.2, 0.25) is 0 Å². The predicted octanol–water partition coefficient (Wildman–Crippen LogP) is -0.853. The standard InChI is InChI=1S/C8H10N4O2/c1-11-4-3-5(9)10-6(4)7(13)12(2)8(11)14/h3,10H,9H2,1-2H3. The first-order valence-corrected chi connectivity index (χ1v) is 4.06. The lowest BCUT2D eigenvalue weighted by atomic mass is 10.4. The van der Waals surface area contributed by atoms with E-state index in [0.717, 1.165) is 4.57 Å². The lowest BCUT2D eigenvalue weighted by Gasteiger charge is -2.01. The number of aromatic nitrogens is 3. The highest BCUT2D eigenvalue weighted by atomic mass is 16.2. The Kier molecular flexibility index (Phi) is 1.54. The summed E-state index contributed by atoms with van der Waals surface area (Å²) in [6.07, 6.45) is 0. The zero-order valence-corrected chi connectivity index (χ0v) is 7.87. The molecule has 2 aromatic heterocycles. The van der Waals surface area contributed by atoms with E-state index >= 15 is 0 Å². The number of rotatable bonds is 0. The van der Waals surface area contributed by atoms with Crippen LogP contribution in [-0.2, 0) is 14.1 Å². The van der Waals surface area contributed by atoms with Gasteiger partial charge in [0.1, 0.15) is 11.3 Å². The monoisotopic (exact) mass is 194 g/mol. The van der Waals surface area contributed by atoms with Crippen LogP contribution in [0.15, 0.2) is 15.7 Å². The molecule has 2 rings (SSSR count). The molecule has 3 N–H and O–H groups in total. The number of nitrogens with two attached hydrogens (primary N) is 1. The van der Waals surface area contributed by atoms with E-state index in [1.807, 2.05) is 0 Å². The number of H-pyrrole nitrogens is 1. The fourth-order valence-electron chi connectivity index (χ4n) is 1.47. The molecule has 0 unspecified atom stereocenters. The summed E-state index contributed by atoms with van der Waals surface area (Å²) in [4.78, 5) is 25.8. The SMILES string of the molecule is Cn1c(=O)c2[nH]c(N)cc2n(C)c1=O. The first kappa shape index (κ1) is 8.61. The van der Waals surface area contributed by atoms with Gasteiger partial charge in [-0.05, 0) is 0 Å². The Balaban J connectivity index is 3.17. The maximum Gasteiger partial charge on any atom is 0.331 e. The highest BCUT2D eigenvalue weighted by Gasteiger charge is 2.09. The molecule has 74 valence electrons. The Labute approximate surface area is 78.6 Å². The zero-order chi connectivity index (χ0) is 10.5.